The molecule has 0 saturated heterocycles. The molecule has 0 saturated carbocycles. The number of fused-ring (bicyclic) bond motifs is 2. The van der Waals surface area contributed by atoms with Crippen LogP contribution in [0.15, 0.2) is 21.7 Å². The first-order valence-electron chi connectivity index (χ1n) is 10.9. The molecule has 0 aromatic heterocycles. The van der Waals surface area contributed by atoms with Crippen molar-refractivity contribution in [3.8, 4) is 11.5 Å². The Morgan fingerprint density at radius 2 is 1.81 bits per heavy atom. The minimum Gasteiger partial charge on any atom is -0.377 e. The zero-order valence-electron chi connectivity index (χ0n) is 19.4. The summed E-state index contributed by atoms with van der Waals surface area (Å²) in [7, 11) is 3.91. The van der Waals surface area contributed by atoms with Crippen LogP contribution in [0.1, 0.15) is 51.5 Å². The lowest BCUT2D eigenvalue weighted by Crippen LogP contribution is -2.29. The maximum atomic E-state index is 12.3. The topological polar surface area (TPSA) is 133 Å². The van der Waals surface area contributed by atoms with Crippen LogP contribution in [-0.4, -0.2) is 44.7 Å². The fraction of sp³-hybridized carbons (Fsp3) is 0.500. The molecule has 3 rings (SSSR count). The molecule has 10 heteroatoms. The quantitative estimate of drug-likeness (QED) is 0.210. The average molecular weight is 445 g/mol. The molecule has 2 heterocycles. The van der Waals surface area contributed by atoms with Crippen molar-refractivity contribution < 1.29 is 10.0 Å². The Hall–Kier alpha value is -3.27. The normalized spacial score (nSPS) is 10.7. The summed E-state index contributed by atoms with van der Waals surface area (Å²) >= 11 is 0. The Kier molecular flexibility index (Phi) is 8.89. The first-order chi connectivity index (χ1) is 15.3. The lowest BCUT2D eigenvalue weighted by atomic mass is 10.1. The SMILES string of the molecule is CC.Cc1cc2nc3c(=O)[nH]c(=O)nc-3n(CCCCCCC(=O)NO)c2cc1N(C)C. The van der Waals surface area contributed by atoms with Gasteiger partial charge in [-0.15, -0.1) is 0 Å². The van der Waals surface area contributed by atoms with E-state index in [0.29, 0.717) is 18.5 Å². The molecule has 3 N–H and O–H groups in total. The Balaban J connectivity index is 0.00000176. The zero-order chi connectivity index (χ0) is 23.8. The van der Waals surface area contributed by atoms with Crippen LogP contribution in [0.5, 0.6) is 0 Å². The summed E-state index contributed by atoms with van der Waals surface area (Å²) in [6.45, 7) is 6.53. The Morgan fingerprint density at radius 1 is 1.12 bits per heavy atom. The van der Waals surface area contributed by atoms with E-state index in [1.165, 1.54) is 0 Å². The summed E-state index contributed by atoms with van der Waals surface area (Å²) < 4.78 is 1.88. The first kappa shape index (κ1) is 25.0. The molecule has 0 aliphatic carbocycles. The van der Waals surface area contributed by atoms with Crippen LogP contribution in [0.4, 0.5) is 5.69 Å². The highest BCUT2D eigenvalue weighted by Gasteiger charge is 2.19. The van der Waals surface area contributed by atoms with E-state index in [4.69, 9.17) is 5.21 Å². The van der Waals surface area contributed by atoms with E-state index in [1.807, 2.05) is 56.5 Å². The molecule has 2 aliphatic rings. The van der Waals surface area contributed by atoms with Crippen LogP contribution in [0.3, 0.4) is 0 Å². The molecule has 0 fully saturated rings. The molecule has 0 unspecified atom stereocenters. The van der Waals surface area contributed by atoms with Crippen molar-refractivity contribution in [3.63, 3.8) is 0 Å². The number of hydrogen-bond acceptors (Lipinski definition) is 7. The van der Waals surface area contributed by atoms with Crippen LogP contribution >= 0.6 is 0 Å². The fourth-order valence-electron chi connectivity index (χ4n) is 3.61. The van der Waals surface area contributed by atoms with Crippen LogP contribution in [0, 0.1) is 6.92 Å². The third-order valence-electron chi connectivity index (χ3n) is 5.07. The number of carbonyl (C=O) groups is 1. The number of nitrogens with zero attached hydrogens (tertiary/aromatic N) is 4. The third kappa shape index (κ3) is 5.70. The van der Waals surface area contributed by atoms with Gasteiger partial charge in [-0.3, -0.25) is 19.8 Å². The lowest BCUT2D eigenvalue weighted by molar-refractivity contribution is -0.129. The third-order valence-corrected chi connectivity index (χ3v) is 5.07. The first-order valence-corrected chi connectivity index (χ1v) is 10.9. The molecule has 2 aliphatic heterocycles. The monoisotopic (exact) mass is 444 g/mol. The second-order valence-electron chi connectivity index (χ2n) is 7.53. The lowest BCUT2D eigenvalue weighted by Gasteiger charge is -2.21. The fourth-order valence-corrected chi connectivity index (χ4v) is 3.61. The number of anilines is 1. The van der Waals surface area contributed by atoms with E-state index < -0.39 is 17.2 Å². The van der Waals surface area contributed by atoms with Gasteiger partial charge in [-0.25, -0.2) is 15.3 Å². The maximum Gasteiger partial charge on any atom is 0.349 e. The number of aryl methyl sites for hydroxylation is 2. The molecule has 10 nitrogen and oxygen atoms in total. The van der Waals surface area contributed by atoms with Crippen molar-refractivity contribution in [1.82, 2.24) is 25.0 Å². The number of rotatable bonds is 8. The number of aromatic nitrogens is 4. The van der Waals surface area contributed by atoms with Gasteiger partial charge in [0, 0.05) is 32.7 Å². The highest BCUT2D eigenvalue weighted by molar-refractivity contribution is 5.84. The number of benzene rings is 1. The number of nitrogens with one attached hydrogen (secondary N) is 2. The summed E-state index contributed by atoms with van der Waals surface area (Å²) in [6, 6.07) is 3.93. The minimum atomic E-state index is -0.697. The number of carbonyl (C=O) groups excluding carboxylic acids is 1. The molecule has 0 radical (unpaired) electrons. The van der Waals surface area contributed by atoms with Gasteiger partial charge in [0.05, 0.1) is 11.0 Å². The zero-order valence-corrected chi connectivity index (χ0v) is 19.4. The molecule has 0 spiro atoms. The van der Waals surface area contributed by atoms with E-state index in [1.54, 1.807) is 5.48 Å². The van der Waals surface area contributed by atoms with Gasteiger partial charge in [-0.1, -0.05) is 26.7 Å². The van der Waals surface area contributed by atoms with E-state index in [9.17, 15) is 14.4 Å². The Labute approximate surface area is 186 Å². The number of amides is 1. The molecule has 32 heavy (non-hydrogen) atoms. The van der Waals surface area contributed by atoms with Gasteiger partial charge >= 0.3 is 5.69 Å². The summed E-state index contributed by atoms with van der Waals surface area (Å²) in [5, 5.41) is 8.54. The van der Waals surface area contributed by atoms with Crippen LogP contribution in [-0.2, 0) is 11.3 Å². The second-order valence-corrected chi connectivity index (χ2v) is 7.53. The smallest absolute Gasteiger partial charge is 0.349 e. The summed E-state index contributed by atoms with van der Waals surface area (Å²) in [5.74, 6) is -0.127. The number of hydrogen-bond donors (Lipinski definition) is 3. The molecule has 1 aromatic carbocycles. The van der Waals surface area contributed by atoms with Crippen LogP contribution in [0.2, 0.25) is 0 Å². The summed E-state index contributed by atoms with van der Waals surface area (Å²) in [5.41, 5.74) is 4.02. The van der Waals surface area contributed by atoms with Crippen molar-refractivity contribution in [2.24, 2.45) is 0 Å². The Bertz CT molecular complexity index is 1150. The predicted octanol–water partition coefficient (Wildman–Crippen LogP) is 2.44. The number of aromatic amines is 1. The van der Waals surface area contributed by atoms with E-state index in [0.717, 1.165) is 36.0 Å². The maximum absolute atomic E-state index is 12.3. The largest absolute Gasteiger partial charge is 0.377 e. The van der Waals surface area contributed by atoms with E-state index >= 15 is 0 Å². The van der Waals surface area contributed by atoms with Gasteiger partial charge in [-0.05, 0) is 37.5 Å². The molecule has 0 atom stereocenters. The molecular weight excluding hydrogens is 412 g/mol. The minimum absolute atomic E-state index is 0.138. The van der Waals surface area contributed by atoms with Crippen molar-refractivity contribution in [3.05, 3.63) is 38.5 Å². The highest BCUT2D eigenvalue weighted by Crippen LogP contribution is 2.28. The van der Waals surface area contributed by atoms with Gasteiger partial charge in [0.25, 0.3) is 5.56 Å². The van der Waals surface area contributed by atoms with Crippen LogP contribution < -0.4 is 21.6 Å². The summed E-state index contributed by atoms with van der Waals surface area (Å²) in [6.07, 6.45) is 3.37. The second kappa shape index (κ2) is 11.4. The molecular formula is C22H32N6O4. The van der Waals surface area contributed by atoms with Crippen molar-refractivity contribution >= 4 is 22.6 Å². The number of hydroxylamine groups is 1. The summed E-state index contributed by atoms with van der Waals surface area (Å²) in [4.78, 5) is 48.0. The van der Waals surface area contributed by atoms with Crippen molar-refractivity contribution in [2.45, 2.75) is 59.4 Å². The van der Waals surface area contributed by atoms with Gasteiger partial charge in [0.15, 0.2) is 11.5 Å². The van der Waals surface area contributed by atoms with Crippen molar-refractivity contribution in [1.29, 1.82) is 0 Å². The predicted molar refractivity (Wildman–Crippen MR) is 124 cm³/mol. The van der Waals surface area contributed by atoms with Gasteiger partial charge < -0.3 is 9.47 Å². The molecule has 174 valence electrons. The molecule has 0 bridgehead atoms. The van der Waals surface area contributed by atoms with Crippen molar-refractivity contribution in [2.75, 3.05) is 19.0 Å². The standard InChI is InChI=1S/C20H26N6O4.C2H6/c1-12-10-13-15(11-14(12)25(2)3)26(9-7-5-4-6-8-16(27)24-30)18-17(21-13)19(28)23-20(29)22-18;1-2/h10-11,30H,4-9H2,1-3H3,(H,24,27)(H,23,28,29);1-2H3. The highest BCUT2D eigenvalue weighted by atomic mass is 16.5. The van der Waals surface area contributed by atoms with Crippen LogP contribution in [0.25, 0.3) is 22.6 Å². The van der Waals surface area contributed by atoms with Gasteiger partial charge in [0.1, 0.15) is 0 Å². The number of unbranched alkanes of at least 4 members (excludes halogenated alkanes) is 3. The molecule has 1 aromatic rings. The Morgan fingerprint density at radius 3 is 2.47 bits per heavy atom. The number of H-pyrrole nitrogens is 1. The van der Waals surface area contributed by atoms with Gasteiger partial charge in [0.2, 0.25) is 5.91 Å². The van der Waals surface area contributed by atoms with E-state index in [2.05, 4.69) is 15.0 Å². The average Bonchev–Trinajstić information content (AvgIpc) is 2.76. The van der Waals surface area contributed by atoms with E-state index in [-0.39, 0.29) is 17.9 Å². The van der Waals surface area contributed by atoms with Gasteiger partial charge in [-0.2, -0.15) is 4.98 Å². The molecule has 1 amide bonds.